The number of benzene rings is 3. The summed E-state index contributed by atoms with van der Waals surface area (Å²) in [5, 5.41) is 11.1. The number of nitrogens with one attached hydrogen (secondary N) is 1. The molecule has 0 spiro atoms. The summed E-state index contributed by atoms with van der Waals surface area (Å²) in [4.78, 5) is 0.213. The lowest BCUT2D eigenvalue weighted by Gasteiger charge is -2.17. The Hall–Kier alpha value is -2.21. The van der Waals surface area contributed by atoms with Crippen LogP contribution in [0.3, 0.4) is 0 Å². The predicted molar refractivity (Wildman–Crippen MR) is 90.5 cm³/mol. The van der Waals surface area contributed by atoms with Crippen LogP contribution in [0, 0.1) is 0 Å². The monoisotopic (exact) mass is 327 g/mol. The molecule has 4 nitrogen and oxygen atoms in total. The van der Waals surface area contributed by atoms with Gasteiger partial charge < -0.3 is 5.11 Å². The molecule has 0 bridgehead atoms. The van der Waals surface area contributed by atoms with Crippen molar-refractivity contribution >= 4 is 20.8 Å². The highest BCUT2D eigenvalue weighted by molar-refractivity contribution is 7.89. The number of rotatable bonds is 5. The van der Waals surface area contributed by atoms with Crippen molar-refractivity contribution in [1.29, 1.82) is 0 Å². The highest BCUT2D eigenvalue weighted by atomic mass is 32.2. The minimum absolute atomic E-state index is 0.213. The molecule has 1 atom stereocenters. The molecule has 23 heavy (non-hydrogen) atoms. The minimum atomic E-state index is -3.76. The summed E-state index contributed by atoms with van der Waals surface area (Å²) in [5.41, 5.74) is 0.721. The molecule has 0 saturated heterocycles. The zero-order valence-corrected chi connectivity index (χ0v) is 13.2. The quantitative estimate of drug-likeness (QED) is 0.757. The lowest BCUT2D eigenvalue weighted by Crippen LogP contribution is -2.31. The molecule has 3 aromatic carbocycles. The smallest absolute Gasteiger partial charge is 0.241 e. The van der Waals surface area contributed by atoms with E-state index in [2.05, 4.69) is 4.72 Å². The Morgan fingerprint density at radius 3 is 2.26 bits per heavy atom. The van der Waals surface area contributed by atoms with Crippen molar-refractivity contribution in [3.8, 4) is 0 Å². The van der Waals surface area contributed by atoms with Gasteiger partial charge in [-0.1, -0.05) is 66.7 Å². The summed E-state index contributed by atoms with van der Waals surface area (Å²) in [6, 6.07) is 20.8. The van der Waals surface area contributed by atoms with Crippen LogP contribution in [0.25, 0.3) is 10.8 Å². The third-order valence-electron chi connectivity index (χ3n) is 3.72. The summed E-state index contributed by atoms with van der Waals surface area (Å²) >= 11 is 0. The lowest BCUT2D eigenvalue weighted by atomic mass is 10.1. The van der Waals surface area contributed by atoms with Crippen molar-refractivity contribution in [2.45, 2.75) is 10.9 Å². The number of hydrogen-bond acceptors (Lipinski definition) is 3. The Morgan fingerprint density at radius 2 is 1.52 bits per heavy atom. The van der Waals surface area contributed by atoms with Crippen molar-refractivity contribution < 1.29 is 13.5 Å². The first-order valence-electron chi connectivity index (χ1n) is 7.28. The van der Waals surface area contributed by atoms with E-state index in [1.54, 1.807) is 30.3 Å². The summed E-state index contributed by atoms with van der Waals surface area (Å²) in [7, 11) is -3.76. The maximum absolute atomic E-state index is 12.8. The van der Waals surface area contributed by atoms with Crippen LogP contribution in [0.5, 0.6) is 0 Å². The fourth-order valence-electron chi connectivity index (χ4n) is 2.58. The van der Waals surface area contributed by atoms with Crippen LogP contribution in [0.1, 0.15) is 11.6 Å². The molecule has 0 aliphatic rings. The molecule has 0 amide bonds. The van der Waals surface area contributed by atoms with E-state index < -0.39 is 16.1 Å². The maximum atomic E-state index is 12.8. The Bertz CT molecular complexity index is 902. The highest BCUT2D eigenvalue weighted by Gasteiger charge is 2.22. The summed E-state index contributed by atoms with van der Waals surface area (Å²) in [6.45, 7) is -0.311. The molecular weight excluding hydrogens is 310 g/mol. The Kier molecular flexibility index (Phi) is 4.43. The van der Waals surface area contributed by atoms with Crippen LogP contribution in [0.4, 0.5) is 0 Å². The highest BCUT2D eigenvalue weighted by Crippen LogP contribution is 2.24. The summed E-state index contributed by atoms with van der Waals surface area (Å²) < 4.78 is 28.1. The summed E-state index contributed by atoms with van der Waals surface area (Å²) in [5.74, 6) is 0. The Labute approximate surface area is 135 Å². The standard InChI is InChI=1S/C18H17NO3S/c20-13-17(15-8-2-1-3-9-15)19-23(21,22)18-12-6-10-14-7-4-5-11-16(14)18/h1-12,17,19-20H,13H2/t17-/m0/s1. The molecule has 118 valence electrons. The fourth-order valence-corrected chi connectivity index (χ4v) is 4.02. The van der Waals surface area contributed by atoms with Crippen LogP contribution in [0.15, 0.2) is 77.7 Å². The molecule has 3 aromatic rings. The number of hydrogen-bond donors (Lipinski definition) is 2. The van der Waals surface area contributed by atoms with Gasteiger partial charge in [-0.3, -0.25) is 0 Å². The molecule has 0 fully saturated rings. The molecule has 2 N–H and O–H groups in total. The van der Waals surface area contributed by atoms with Crippen molar-refractivity contribution in [2.75, 3.05) is 6.61 Å². The minimum Gasteiger partial charge on any atom is -0.394 e. The third-order valence-corrected chi connectivity index (χ3v) is 5.25. The molecule has 0 saturated carbocycles. The average Bonchev–Trinajstić information content (AvgIpc) is 2.60. The molecule has 0 aliphatic heterocycles. The maximum Gasteiger partial charge on any atom is 0.241 e. The SMILES string of the molecule is O=S(=O)(N[C@@H](CO)c1ccccc1)c1cccc2ccccc12. The first-order chi connectivity index (χ1) is 11.1. The van der Waals surface area contributed by atoms with E-state index in [1.165, 1.54) is 0 Å². The second-order valence-electron chi connectivity index (χ2n) is 5.24. The van der Waals surface area contributed by atoms with Crippen LogP contribution < -0.4 is 4.72 Å². The average molecular weight is 327 g/mol. The van der Waals surface area contributed by atoms with Crippen molar-refractivity contribution in [3.05, 3.63) is 78.4 Å². The normalized spacial score (nSPS) is 13.1. The Morgan fingerprint density at radius 1 is 0.870 bits per heavy atom. The van der Waals surface area contributed by atoms with Crippen LogP contribution in [0.2, 0.25) is 0 Å². The predicted octanol–water partition coefficient (Wildman–Crippen LogP) is 2.85. The fraction of sp³-hybridized carbons (Fsp3) is 0.111. The van der Waals surface area contributed by atoms with Crippen LogP contribution in [-0.4, -0.2) is 20.1 Å². The van der Waals surface area contributed by atoms with E-state index in [9.17, 15) is 13.5 Å². The number of aliphatic hydroxyl groups excluding tert-OH is 1. The number of fused-ring (bicyclic) bond motifs is 1. The van der Waals surface area contributed by atoms with E-state index in [1.807, 2.05) is 42.5 Å². The van der Waals surface area contributed by atoms with E-state index >= 15 is 0 Å². The van der Waals surface area contributed by atoms with E-state index in [-0.39, 0.29) is 11.5 Å². The van der Waals surface area contributed by atoms with E-state index in [4.69, 9.17) is 0 Å². The van der Waals surface area contributed by atoms with Gasteiger partial charge in [0.2, 0.25) is 10.0 Å². The van der Waals surface area contributed by atoms with Gasteiger partial charge in [-0.15, -0.1) is 0 Å². The van der Waals surface area contributed by atoms with Gasteiger partial charge in [0.15, 0.2) is 0 Å². The van der Waals surface area contributed by atoms with E-state index in [0.29, 0.717) is 5.39 Å². The van der Waals surface area contributed by atoms with Gasteiger partial charge in [0.05, 0.1) is 17.5 Å². The van der Waals surface area contributed by atoms with Gasteiger partial charge in [0.25, 0.3) is 0 Å². The molecule has 5 heteroatoms. The van der Waals surface area contributed by atoms with Gasteiger partial charge in [-0.25, -0.2) is 13.1 Å². The topological polar surface area (TPSA) is 66.4 Å². The van der Waals surface area contributed by atoms with Gasteiger partial charge in [0.1, 0.15) is 0 Å². The third kappa shape index (κ3) is 3.27. The number of sulfonamides is 1. The van der Waals surface area contributed by atoms with Gasteiger partial charge in [-0.2, -0.15) is 0 Å². The van der Waals surface area contributed by atoms with E-state index in [0.717, 1.165) is 10.9 Å². The van der Waals surface area contributed by atoms with Gasteiger partial charge in [0, 0.05) is 5.39 Å². The van der Waals surface area contributed by atoms with Gasteiger partial charge >= 0.3 is 0 Å². The second kappa shape index (κ2) is 6.50. The molecule has 0 aromatic heterocycles. The van der Waals surface area contributed by atoms with Crippen molar-refractivity contribution in [3.63, 3.8) is 0 Å². The summed E-state index contributed by atoms with van der Waals surface area (Å²) in [6.07, 6.45) is 0. The van der Waals surface area contributed by atoms with Gasteiger partial charge in [-0.05, 0) is 17.0 Å². The number of aliphatic hydroxyl groups is 1. The van der Waals surface area contributed by atoms with Crippen molar-refractivity contribution in [2.24, 2.45) is 0 Å². The molecule has 0 unspecified atom stereocenters. The Balaban J connectivity index is 2.01. The molecule has 0 heterocycles. The van der Waals surface area contributed by atoms with Crippen LogP contribution >= 0.6 is 0 Å². The molecule has 3 rings (SSSR count). The first-order valence-corrected chi connectivity index (χ1v) is 8.76. The van der Waals surface area contributed by atoms with Crippen molar-refractivity contribution in [1.82, 2.24) is 4.72 Å². The first kappa shape index (κ1) is 15.7. The second-order valence-corrected chi connectivity index (χ2v) is 6.93. The largest absolute Gasteiger partial charge is 0.394 e. The molecular formula is C18H17NO3S. The zero-order valence-electron chi connectivity index (χ0n) is 12.4. The molecule has 0 aliphatic carbocycles. The van der Waals surface area contributed by atoms with Crippen LogP contribution in [-0.2, 0) is 10.0 Å². The molecule has 0 radical (unpaired) electrons. The lowest BCUT2D eigenvalue weighted by molar-refractivity contribution is 0.259. The zero-order chi connectivity index (χ0) is 16.3.